The highest BCUT2D eigenvalue weighted by atomic mass is 14.8. The highest BCUT2D eigenvalue weighted by molar-refractivity contribution is 5.54. The number of hydrogen-bond acceptors (Lipinski definition) is 1. The summed E-state index contributed by atoms with van der Waals surface area (Å²) in [6, 6.07) is 6.87. The van der Waals surface area contributed by atoms with Crippen molar-refractivity contribution in [2.24, 2.45) is 0 Å². The third kappa shape index (κ3) is 1.69. The Bertz CT molecular complexity index is 300. The quantitative estimate of drug-likeness (QED) is 0.744. The highest BCUT2D eigenvalue weighted by Crippen LogP contribution is 2.41. The maximum Gasteiger partial charge on any atom is 0.0372 e. The molecule has 1 nitrogen and oxygen atoms in total. The van der Waals surface area contributed by atoms with Gasteiger partial charge in [-0.15, -0.1) is 0 Å². The Morgan fingerprint density at radius 1 is 1.38 bits per heavy atom. The maximum absolute atomic E-state index is 3.27. The van der Waals surface area contributed by atoms with E-state index in [-0.39, 0.29) is 0 Å². The largest absolute Gasteiger partial charge is 0.388 e. The number of rotatable bonds is 3. The average molecular weight is 175 g/mol. The second-order valence-electron chi connectivity index (χ2n) is 3.79. The van der Waals surface area contributed by atoms with Crippen molar-refractivity contribution in [2.75, 3.05) is 12.4 Å². The smallest absolute Gasteiger partial charge is 0.0372 e. The third-order valence-corrected chi connectivity index (χ3v) is 2.83. The summed E-state index contributed by atoms with van der Waals surface area (Å²) < 4.78 is 0. The van der Waals surface area contributed by atoms with Gasteiger partial charge in [-0.2, -0.15) is 0 Å². The molecule has 0 aliphatic heterocycles. The molecule has 0 saturated heterocycles. The molecule has 0 bridgehead atoms. The molecule has 2 rings (SSSR count). The fourth-order valence-corrected chi connectivity index (χ4v) is 1.81. The molecule has 1 aromatic carbocycles. The first-order chi connectivity index (χ1) is 6.35. The summed E-state index contributed by atoms with van der Waals surface area (Å²) >= 11 is 0. The van der Waals surface area contributed by atoms with Gasteiger partial charge in [-0.05, 0) is 42.4 Å². The Labute approximate surface area is 80.2 Å². The van der Waals surface area contributed by atoms with Crippen molar-refractivity contribution in [3.8, 4) is 0 Å². The Kier molecular flexibility index (Phi) is 2.26. The minimum absolute atomic E-state index is 0.859. The number of benzene rings is 1. The molecule has 13 heavy (non-hydrogen) atoms. The molecule has 1 aromatic rings. The summed E-state index contributed by atoms with van der Waals surface area (Å²) in [6.45, 7) is 2.20. The molecule has 0 amide bonds. The van der Waals surface area contributed by atoms with E-state index in [9.17, 15) is 0 Å². The van der Waals surface area contributed by atoms with Crippen LogP contribution in [-0.4, -0.2) is 7.05 Å². The zero-order chi connectivity index (χ0) is 9.26. The van der Waals surface area contributed by atoms with Crippen molar-refractivity contribution < 1.29 is 0 Å². The molecule has 1 aliphatic rings. The topological polar surface area (TPSA) is 12.0 Å². The first kappa shape index (κ1) is 8.61. The number of aryl methyl sites for hydroxylation is 1. The minimum atomic E-state index is 0.859. The van der Waals surface area contributed by atoms with E-state index in [0.29, 0.717) is 0 Å². The van der Waals surface area contributed by atoms with Crippen LogP contribution in [0.3, 0.4) is 0 Å². The van der Waals surface area contributed by atoms with Crippen molar-refractivity contribution in [1.82, 2.24) is 0 Å². The fraction of sp³-hybridized carbons (Fsp3) is 0.500. The molecule has 1 saturated carbocycles. The summed E-state index contributed by atoms with van der Waals surface area (Å²) in [7, 11) is 2.01. The van der Waals surface area contributed by atoms with Gasteiger partial charge in [0.15, 0.2) is 0 Å². The van der Waals surface area contributed by atoms with E-state index in [2.05, 4.69) is 30.4 Å². The van der Waals surface area contributed by atoms with Crippen LogP contribution in [-0.2, 0) is 6.42 Å². The molecular weight excluding hydrogens is 158 g/mol. The van der Waals surface area contributed by atoms with Crippen molar-refractivity contribution in [1.29, 1.82) is 0 Å². The van der Waals surface area contributed by atoms with E-state index in [0.717, 1.165) is 12.3 Å². The molecule has 1 N–H and O–H groups in total. The van der Waals surface area contributed by atoms with Crippen LogP contribution < -0.4 is 5.32 Å². The minimum Gasteiger partial charge on any atom is -0.388 e. The molecule has 0 heterocycles. The summed E-state index contributed by atoms with van der Waals surface area (Å²) in [5.74, 6) is 0.859. The second kappa shape index (κ2) is 3.41. The van der Waals surface area contributed by atoms with E-state index < -0.39 is 0 Å². The monoisotopic (exact) mass is 175 g/mol. The van der Waals surface area contributed by atoms with Crippen LogP contribution in [0.5, 0.6) is 0 Å². The van der Waals surface area contributed by atoms with Gasteiger partial charge in [0.1, 0.15) is 0 Å². The second-order valence-corrected chi connectivity index (χ2v) is 3.79. The molecule has 1 aliphatic carbocycles. The molecule has 1 heteroatoms. The Balaban J connectivity index is 2.31. The predicted molar refractivity (Wildman–Crippen MR) is 57.3 cm³/mol. The van der Waals surface area contributed by atoms with Crippen molar-refractivity contribution >= 4 is 5.69 Å². The van der Waals surface area contributed by atoms with Gasteiger partial charge in [0.2, 0.25) is 0 Å². The van der Waals surface area contributed by atoms with E-state index in [1.165, 1.54) is 29.7 Å². The predicted octanol–water partition coefficient (Wildman–Crippen LogP) is 3.17. The van der Waals surface area contributed by atoms with E-state index in [4.69, 9.17) is 0 Å². The standard InChI is InChI=1S/C12H17N/c1-3-9-4-7-11(10-5-6-10)8-12(9)13-2/h4,7-8,10,13H,3,5-6H2,1-2H3. The first-order valence-electron chi connectivity index (χ1n) is 5.15. The molecule has 0 aromatic heterocycles. The van der Waals surface area contributed by atoms with Gasteiger partial charge in [0.25, 0.3) is 0 Å². The normalized spacial score (nSPS) is 15.8. The van der Waals surface area contributed by atoms with Crippen LogP contribution in [0, 0.1) is 0 Å². The van der Waals surface area contributed by atoms with E-state index in [1.54, 1.807) is 0 Å². The van der Waals surface area contributed by atoms with Crippen molar-refractivity contribution in [3.63, 3.8) is 0 Å². The number of nitrogens with one attached hydrogen (secondary N) is 1. The summed E-state index contributed by atoms with van der Waals surface area (Å²) in [6.07, 6.45) is 3.88. The lowest BCUT2D eigenvalue weighted by molar-refractivity contribution is 1.09. The summed E-state index contributed by atoms with van der Waals surface area (Å²) in [4.78, 5) is 0. The Morgan fingerprint density at radius 3 is 2.69 bits per heavy atom. The van der Waals surface area contributed by atoms with Gasteiger partial charge < -0.3 is 5.32 Å². The Morgan fingerprint density at radius 2 is 2.15 bits per heavy atom. The van der Waals surface area contributed by atoms with Crippen LogP contribution in [0.1, 0.15) is 36.8 Å². The van der Waals surface area contributed by atoms with Crippen LogP contribution in [0.25, 0.3) is 0 Å². The maximum atomic E-state index is 3.27. The molecule has 0 radical (unpaired) electrons. The zero-order valence-corrected chi connectivity index (χ0v) is 8.43. The lowest BCUT2D eigenvalue weighted by atomic mass is 10.0. The third-order valence-electron chi connectivity index (χ3n) is 2.83. The van der Waals surface area contributed by atoms with Gasteiger partial charge in [-0.1, -0.05) is 19.1 Å². The van der Waals surface area contributed by atoms with Gasteiger partial charge in [0.05, 0.1) is 0 Å². The SMILES string of the molecule is CCc1ccc(C2CC2)cc1NC. The fourth-order valence-electron chi connectivity index (χ4n) is 1.81. The molecular formula is C12H17N. The van der Waals surface area contributed by atoms with Gasteiger partial charge in [-0.3, -0.25) is 0 Å². The molecule has 70 valence electrons. The Hall–Kier alpha value is -0.980. The van der Waals surface area contributed by atoms with Crippen LogP contribution in [0.2, 0.25) is 0 Å². The van der Waals surface area contributed by atoms with Gasteiger partial charge in [-0.25, -0.2) is 0 Å². The first-order valence-corrected chi connectivity index (χ1v) is 5.15. The number of hydrogen-bond donors (Lipinski definition) is 1. The summed E-state index contributed by atoms with van der Waals surface area (Å²) in [5.41, 5.74) is 4.25. The van der Waals surface area contributed by atoms with E-state index >= 15 is 0 Å². The van der Waals surface area contributed by atoms with Crippen molar-refractivity contribution in [2.45, 2.75) is 32.1 Å². The molecule has 0 atom stereocenters. The number of anilines is 1. The molecule has 0 unspecified atom stereocenters. The highest BCUT2D eigenvalue weighted by Gasteiger charge is 2.23. The van der Waals surface area contributed by atoms with Crippen LogP contribution >= 0.6 is 0 Å². The lowest BCUT2D eigenvalue weighted by Crippen LogP contribution is -1.95. The van der Waals surface area contributed by atoms with E-state index in [1.807, 2.05) is 7.05 Å². The average Bonchev–Trinajstić information content (AvgIpc) is 3.00. The zero-order valence-electron chi connectivity index (χ0n) is 8.43. The molecule has 0 spiro atoms. The molecule has 1 fully saturated rings. The lowest BCUT2D eigenvalue weighted by Gasteiger charge is -2.09. The van der Waals surface area contributed by atoms with Crippen molar-refractivity contribution in [3.05, 3.63) is 29.3 Å². The van der Waals surface area contributed by atoms with Crippen LogP contribution in [0.4, 0.5) is 5.69 Å². The summed E-state index contributed by atoms with van der Waals surface area (Å²) in [5, 5.41) is 3.27. The van der Waals surface area contributed by atoms with Gasteiger partial charge in [0, 0.05) is 12.7 Å². The van der Waals surface area contributed by atoms with Gasteiger partial charge >= 0.3 is 0 Å². The van der Waals surface area contributed by atoms with Crippen LogP contribution in [0.15, 0.2) is 18.2 Å².